The number of nitrogens with one attached hydrogen (secondary N) is 1. The first-order chi connectivity index (χ1) is 8.45. The molecule has 2 rings (SSSR count). The van der Waals surface area contributed by atoms with Gasteiger partial charge >= 0.3 is 5.69 Å². The molecular weight excluding hydrogens is 234 g/mol. The second-order valence-corrected chi connectivity index (χ2v) is 4.66. The van der Waals surface area contributed by atoms with E-state index in [1.807, 2.05) is 13.8 Å². The van der Waals surface area contributed by atoms with Gasteiger partial charge in [-0.3, -0.25) is 13.9 Å². The number of H-pyrrole nitrogens is 1. The molecule has 0 radical (unpaired) electrons. The number of hydrogen-bond acceptors (Lipinski definition) is 4. The third-order valence-corrected chi connectivity index (χ3v) is 2.74. The minimum atomic E-state index is -0.373. The van der Waals surface area contributed by atoms with E-state index in [1.165, 1.54) is 9.13 Å². The van der Waals surface area contributed by atoms with Gasteiger partial charge in [-0.1, -0.05) is 13.8 Å². The molecule has 0 saturated heterocycles. The van der Waals surface area contributed by atoms with Crippen LogP contribution in [0, 0.1) is 5.92 Å². The fourth-order valence-electron chi connectivity index (χ4n) is 1.99. The van der Waals surface area contributed by atoms with Gasteiger partial charge in [-0.2, -0.15) is 4.98 Å². The van der Waals surface area contributed by atoms with Crippen molar-refractivity contribution in [2.24, 2.45) is 5.92 Å². The van der Waals surface area contributed by atoms with Crippen LogP contribution in [0.2, 0.25) is 0 Å². The Balaban J connectivity index is 2.89. The van der Waals surface area contributed by atoms with Gasteiger partial charge in [-0.05, 0) is 12.8 Å². The summed E-state index contributed by atoms with van der Waals surface area (Å²) in [5, 5.41) is 0. The summed E-state index contributed by atoms with van der Waals surface area (Å²) >= 11 is 0. The third-order valence-electron chi connectivity index (χ3n) is 2.74. The Kier molecular flexibility index (Phi) is 2.98. The van der Waals surface area contributed by atoms with Crippen molar-refractivity contribution in [3.05, 3.63) is 20.8 Å². The van der Waals surface area contributed by atoms with E-state index in [-0.39, 0.29) is 28.6 Å². The Labute approximate surface area is 103 Å². The summed E-state index contributed by atoms with van der Waals surface area (Å²) in [6, 6.07) is 0. The number of fused-ring (bicyclic) bond motifs is 1. The number of rotatable bonds is 3. The molecular formula is C11H17N5O2. The van der Waals surface area contributed by atoms with E-state index in [2.05, 4.69) is 9.97 Å². The van der Waals surface area contributed by atoms with Crippen LogP contribution in [-0.2, 0) is 13.1 Å². The van der Waals surface area contributed by atoms with Crippen molar-refractivity contribution < 1.29 is 0 Å². The van der Waals surface area contributed by atoms with Crippen LogP contribution in [0.1, 0.15) is 20.8 Å². The Morgan fingerprint density at radius 3 is 2.56 bits per heavy atom. The van der Waals surface area contributed by atoms with Crippen molar-refractivity contribution in [1.82, 2.24) is 19.1 Å². The highest BCUT2D eigenvalue weighted by Gasteiger charge is 2.16. The Morgan fingerprint density at radius 1 is 1.33 bits per heavy atom. The zero-order valence-electron chi connectivity index (χ0n) is 10.7. The molecule has 2 heterocycles. The van der Waals surface area contributed by atoms with Crippen LogP contribution in [0.3, 0.4) is 0 Å². The first-order valence-electron chi connectivity index (χ1n) is 5.94. The number of imidazole rings is 1. The summed E-state index contributed by atoms with van der Waals surface area (Å²) in [5.41, 5.74) is 5.48. The van der Waals surface area contributed by atoms with Crippen LogP contribution in [0.15, 0.2) is 9.59 Å². The van der Waals surface area contributed by atoms with Gasteiger partial charge in [-0.15, -0.1) is 0 Å². The highest BCUT2D eigenvalue weighted by molar-refractivity contribution is 5.72. The van der Waals surface area contributed by atoms with Gasteiger partial charge in [0.1, 0.15) is 0 Å². The van der Waals surface area contributed by atoms with Gasteiger partial charge in [-0.25, -0.2) is 4.79 Å². The Hall–Kier alpha value is -2.05. The predicted octanol–water partition coefficient (Wildman–Crippen LogP) is 0.144. The molecule has 0 spiro atoms. The molecule has 0 bridgehead atoms. The summed E-state index contributed by atoms with van der Waals surface area (Å²) < 4.78 is 2.68. The van der Waals surface area contributed by atoms with Crippen LogP contribution in [-0.4, -0.2) is 19.1 Å². The summed E-state index contributed by atoms with van der Waals surface area (Å²) in [7, 11) is 0. The molecule has 0 aliphatic heterocycles. The number of nitrogens with two attached hydrogens (primary N) is 1. The maximum atomic E-state index is 12.2. The maximum Gasteiger partial charge on any atom is 0.332 e. The van der Waals surface area contributed by atoms with Crippen molar-refractivity contribution in [2.75, 3.05) is 5.73 Å². The van der Waals surface area contributed by atoms with E-state index in [4.69, 9.17) is 5.73 Å². The lowest BCUT2D eigenvalue weighted by Crippen LogP contribution is -2.40. The average Bonchev–Trinajstić information content (AvgIpc) is 2.67. The van der Waals surface area contributed by atoms with Gasteiger partial charge < -0.3 is 10.7 Å². The number of nitrogens with zero attached hydrogens (tertiary/aromatic N) is 3. The Morgan fingerprint density at radius 2 is 2.00 bits per heavy atom. The third kappa shape index (κ3) is 1.81. The van der Waals surface area contributed by atoms with E-state index < -0.39 is 0 Å². The van der Waals surface area contributed by atoms with Gasteiger partial charge in [0.25, 0.3) is 5.56 Å². The van der Waals surface area contributed by atoms with Gasteiger partial charge in [0, 0.05) is 13.1 Å². The van der Waals surface area contributed by atoms with Crippen molar-refractivity contribution >= 4 is 17.1 Å². The SMILES string of the molecule is CCn1c(=O)c2[nH]c(N)nc2n(CC(C)C)c1=O. The zero-order valence-corrected chi connectivity index (χ0v) is 10.7. The van der Waals surface area contributed by atoms with Crippen LogP contribution < -0.4 is 17.0 Å². The van der Waals surface area contributed by atoms with Crippen molar-refractivity contribution in [3.8, 4) is 0 Å². The molecule has 0 amide bonds. The second-order valence-electron chi connectivity index (χ2n) is 4.66. The standard InChI is InChI=1S/C11H17N5O2/c1-4-15-9(17)7-8(14-10(12)13-7)16(11(15)18)5-6(2)3/h6H,4-5H2,1-3H3,(H3,12,13,14). The second kappa shape index (κ2) is 4.32. The summed E-state index contributed by atoms with van der Waals surface area (Å²) in [6.45, 7) is 6.57. The van der Waals surface area contributed by atoms with E-state index in [0.717, 1.165) is 0 Å². The minimum absolute atomic E-state index is 0.146. The van der Waals surface area contributed by atoms with Gasteiger partial charge in [0.2, 0.25) is 0 Å². The number of hydrogen-bond donors (Lipinski definition) is 2. The molecule has 0 unspecified atom stereocenters. The number of anilines is 1. The molecule has 2 aromatic rings. The van der Waals surface area contributed by atoms with E-state index >= 15 is 0 Å². The van der Waals surface area contributed by atoms with Crippen LogP contribution in [0.5, 0.6) is 0 Å². The lowest BCUT2D eigenvalue weighted by molar-refractivity contribution is 0.491. The van der Waals surface area contributed by atoms with Crippen LogP contribution in [0.25, 0.3) is 11.2 Å². The average molecular weight is 251 g/mol. The van der Waals surface area contributed by atoms with E-state index in [9.17, 15) is 9.59 Å². The highest BCUT2D eigenvalue weighted by Crippen LogP contribution is 2.08. The molecule has 18 heavy (non-hydrogen) atoms. The van der Waals surface area contributed by atoms with E-state index in [0.29, 0.717) is 18.7 Å². The molecule has 0 aliphatic rings. The molecule has 3 N–H and O–H groups in total. The van der Waals surface area contributed by atoms with Crippen molar-refractivity contribution in [1.29, 1.82) is 0 Å². The normalized spacial score (nSPS) is 11.6. The fourth-order valence-corrected chi connectivity index (χ4v) is 1.99. The molecule has 0 fully saturated rings. The lowest BCUT2D eigenvalue weighted by atomic mass is 10.2. The summed E-state index contributed by atoms with van der Waals surface area (Å²) in [5.74, 6) is 0.416. The first kappa shape index (κ1) is 12.4. The monoisotopic (exact) mass is 251 g/mol. The largest absolute Gasteiger partial charge is 0.369 e. The summed E-state index contributed by atoms with van der Waals surface area (Å²) in [4.78, 5) is 31.0. The lowest BCUT2D eigenvalue weighted by Gasteiger charge is -2.11. The van der Waals surface area contributed by atoms with Crippen molar-refractivity contribution in [3.63, 3.8) is 0 Å². The smallest absolute Gasteiger partial charge is 0.332 e. The van der Waals surface area contributed by atoms with Gasteiger partial charge in [0.05, 0.1) is 0 Å². The fraction of sp³-hybridized carbons (Fsp3) is 0.545. The molecule has 98 valence electrons. The summed E-state index contributed by atoms with van der Waals surface area (Å²) in [6.07, 6.45) is 0. The Bertz CT molecular complexity index is 692. The van der Waals surface area contributed by atoms with Gasteiger partial charge in [0.15, 0.2) is 17.1 Å². The number of aromatic amines is 1. The molecule has 7 heteroatoms. The van der Waals surface area contributed by atoms with Crippen molar-refractivity contribution in [2.45, 2.75) is 33.9 Å². The highest BCUT2D eigenvalue weighted by atomic mass is 16.2. The first-order valence-corrected chi connectivity index (χ1v) is 5.94. The molecule has 0 aliphatic carbocycles. The molecule has 7 nitrogen and oxygen atoms in total. The molecule has 0 aromatic carbocycles. The van der Waals surface area contributed by atoms with E-state index in [1.54, 1.807) is 6.92 Å². The molecule has 2 aromatic heterocycles. The predicted molar refractivity (Wildman–Crippen MR) is 69.5 cm³/mol. The number of nitrogen functional groups attached to an aromatic ring is 1. The van der Waals surface area contributed by atoms with Crippen LogP contribution >= 0.6 is 0 Å². The quantitative estimate of drug-likeness (QED) is 0.810. The topological polar surface area (TPSA) is 98.7 Å². The zero-order chi connectivity index (χ0) is 13.4. The minimum Gasteiger partial charge on any atom is -0.369 e. The van der Waals surface area contributed by atoms with Crippen LogP contribution in [0.4, 0.5) is 5.95 Å². The molecule has 0 saturated carbocycles. The number of aromatic nitrogens is 4. The molecule has 0 atom stereocenters. The maximum absolute atomic E-state index is 12.2.